The van der Waals surface area contributed by atoms with Crippen molar-refractivity contribution in [2.75, 3.05) is 18.0 Å². The van der Waals surface area contributed by atoms with Crippen LogP contribution >= 0.6 is 0 Å². The maximum atomic E-state index is 13.8. The molecule has 1 saturated heterocycles. The van der Waals surface area contributed by atoms with Crippen LogP contribution in [0.1, 0.15) is 13.3 Å². The summed E-state index contributed by atoms with van der Waals surface area (Å²) in [4.78, 5) is 25.9. The van der Waals surface area contributed by atoms with Crippen LogP contribution in [0.25, 0.3) is 0 Å². The first-order valence-corrected chi connectivity index (χ1v) is 6.69. The van der Waals surface area contributed by atoms with Crippen LogP contribution in [-0.4, -0.2) is 52.3 Å². The highest BCUT2D eigenvalue weighted by molar-refractivity contribution is 5.95. The fourth-order valence-electron chi connectivity index (χ4n) is 2.49. The zero-order valence-corrected chi connectivity index (χ0v) is 11.6. The van der Waals surface area contributed by atoms with Gasteiger partial charge in [0, 0.05) is 19.5 Å². The largest absolute Gasteiger partial charge is 0.480 e. The number of carboxylic acids is 1. The molecule has 0 radical (unpaired) electrons. The third kappa shape index (κ3) is 2.97. The number of anilines is 1. The average molecular weight is 296 g/mol. The number of likely N-dealkylation sites (tertiary alicyclic amines) is 1. The van der Waals surface area contributed by atoms with Crippen LogP contribution < -0.4 is 4.90 Å². The molecular formula is C14H17FN2O4. The van der Waals surface area contributed by atoms with Gasteiger partial charge in [-0.25, -0.2) is 14.0 Å². The van der Waals surface area contributed by atoms with E-state index in [0.29, 0.717) is 0 Å². The van der Waals surface area contributed by atoms with Crippen molar-refractivity contribution in [1.29, 1.82) is 0 Å². The highest BCUT2D eigenvalue weighted by atomic mass is 19.1. The summed E-state index contributed by atoms with van der Waals surface area (Å²) in [7, 11) is 0. The Kier molecular flexibility index (Phi) is 4.42. The Bertz CT molecular complexity index is 552. The quantitative estimate of drug-likeness (QED) is 0.880. The van der Waals surface area contributed by atoms with E-state index in [9.17, 15) is 19.1 Å². The molecule has 0 aromatic heterocycles. The highest BCUT2D eigenvalue weighted by Gasteiger charge is 2.40. The second kappa shape index (κ2) is 6.09. The summed E-state index contributed by atoms with van der Waals surface area (Å²) in [5.74, 6) is -1.73. The number of aliphatic carboxylic acids is 1. The van der Waals surface area contributed by atoms with Crippen LogP contribution in [-0.2, 0) is 4.79 Å². The Morgan fingerprint density at radius 2 is 2.10 bits per heavy atom. The second-order valence-electron chi connectivity index (χ2n) is 4.87. The molecule has 1 aliphatic heterocycles. The van der Waals surface area contributed by atoms with Gasteiger partial charge in [-0.3, -0.25) is 4.90 Å². The first-order valence-electron chi connectivity index (χ1n) is 6.69. The highest BCUT2D eigenvalue weighted by Crippen LogP contribution is 2.24. The predicted octanol–water partition coefficient (Wildman–Crippen LogP) is 1.29. The summed E-state index contributed by atoms with van der Waals surface area (Å²) in [6, 6.07) is 4.09. The molecule has 7 heteroatoms. The summed E-state index contributed by atoms with van der Waals surface area (Å²) in [6.07, 6.45) is -0.898. The lowest BCUT2D eigenvalue weighted by atomic mass is 10.2. The minimum absolute atomic E-state index is 0.0180. The van der Waals surface area contributed by atoms with Crippen molar-refractivity contribution in [2.24, 2.45) is 0 Å². The predicted molar refractivity (Wildman–Crippen MR) is 73.6 cm³/mol. The maximum Gasteiger partial charge on any atom is 0.326 e. The average Bonchev–Trinajstić information content (AvgIpc) is 2.84. The number of para-hydroxylation sites is 1. The first kappa shape index (κ1) is 15.2. The number of carbonyl (C=O) groups is 2. The van der Waals surface area contributed by atoms with E-state index in [1.165, 1.54) is 23.1 Å². The molecule has 0 unspecified atom stereocenters. The molecule has 2 rings (SSSR count). The molecule has 6 nitrogen and oxygen atoms in total. The van der Waals surface area contributed by atoms with E-state index in [1.807, 2.05) is 0 Å². The van der Waals surface area contributed by atoms with E-state index in [1.54, 1.807) is 13.0 Å². The van der Waals surface area contributed by atoms with E-state index in [-0.39, 0.29) is 25.2 Å². The van der Waals surface area contributed by atoms with Gasteiger partial charge in [0.1, 0.15) is 11.9 Å². The number of benzene rings is 1. The Hall–Kier alpha value is -2.15. The standard InChI is InChI=1S/C14H17FN2O4/c1-2-16(11-6-4-3-5-10(11)15)14(21)17-8-9(18)7-12(17)13(19)20/h3-6,9,12,18H,2,7-8H2,1H3,(H,19,20)/t9-,12-/m1/s1. The lowest BCUT2D eigenvalue weighted by Gasteiger charge is -2.29. The third-order valence-corrected chi connectivity index (χ3v) is 3.50. The second-order valence-corrected chi connectivity index (χ2v) is 4.87. The van der Waals surface area contributed by atoms with Crippen LogP contribution in [0.15, 0.2) is 24.3 Å². The molecule has 1 heterocycles. The van der Waals surface area contributed by atoms with Crippen LogP contribution in [0.3, 0.4) is 0 Å². The van der Waals surface area contributed by atoms with Crippen molar-refractivity contribution in [3.63, 3.8) is 0 Å². The normalized spacial score (nSPS) is 21.4. The van der Waals surface area contributed by atoms with Gasteiger partial charge in [0.05, 0.1) is 11.8 Å². The number of aliphatic hydroxyl groups excluding tert-OH is 1. The van der Waals surface area contributed by atoms with Crippen molar-refractivity contribution in [3.8, 4) is 0 Å². The molecule has 2 amide bonds. The van der Waals surface area contributed by atoms with Gasteiger partial charge in [-0.05, 0) is 19.1 Å². The molecule has 2 N–H and O–H groups in total. The van der Waals surface area contributed by atoms with Crippen molar-refractivity contribution < 1.29 is 24.2 Å². The number of β-amino-alcohol motifs (C(OH)–C–C–N with tert-alkyl or cyclic N) is 1. The Labute approximate surface area is 121 Å². The molecule has 0 spiro atoms. The van der Waals surface area contributed by atoms with Crippen LogP contribution in [0, 0.1) is 5.82 Å². The van der Waals surface area contributed by atoms with Gasteiger partial charge >= 0.3 is 12.0 Å². The number of hydrogen-bond donors (Lipinski definition) is 2. The van der Waals surface area contributed by atoms with E-state index >= 15 is 0 Å². The maximum absolute atomic E-state index is 13.8. The van der Waals surface area contributed by atoms with Crippen LogP contribution in [0.4, 0.5) is 14.9 Å². The van der Waals surface area contributed by atoms with Crippen molar-refractivity contribution in [2.45, 2.75) is 25.5 Å². The van der Waals surface area contributed by atoms with Gasteiger partial charge in [0.2, 0.25) is 0 Å². The number of urea groups is 1. The zero-order chi connectivity index (χ0) is 15.6. The van der Waals surface area contributed by atoms with Gasteiger partial charge < -0.3 is 15.1 Å². The number of nitrogens with zero attached hydrogens (tertiary/aromatic N) is 2. The van der Waals surface area contributed by atoms with Gasteiger partial charge in [0.25, 0.3) is 0 Å². The van der Waals surface area contributed by atoms with Gasteiger partial charge in [-0.1, -0.05) is 12.1 Å². The molecule has 1 aromatic carbocycles. The lowest BCUT2D eigenvalue weighted by Crippen LogP contribution is -2.48. The van der Waals surface area contributed by atoms with Crippen LogP contribution in [0.5, 0.6) is 0 Å². The zero-order valence-electron chi connectivity index (χ0n) is 11.6. The minimum atomic E-state index is -1.18. The molecule has 0 bridgehead atoms. The summed E-state index contributed by atoms with van der Waals surface area (Å²) in [5, 5.41) is 18.7. The molecule has 1 aliphatic rings. The van der Waals surface area contributed by atoms with Crippen molar-refractivity contribution in [1.82, 2.24) is 4.90 Å². The molecule has 1 fully saturated rings. The van der Waals surface area contributed by atoms with Gasteiger partial charge in [0.15, 0.2) is 0 Å². The SMILES string of the molecule is CCN(C(=O)N1C[C@H](O)C[C@@H]1C(=O)O)c1ccccc1F. The topological polar surface area (TPSA) is 81.1 Å². The summed E-state index contributed by atoms with van der Waals surface area (Å²) in [5.41, 5.74) is 0.0931. The number of halogens is 1. The van der Waals surface area contributed by atoms with E-state index in [2.05, 4.69) is 0 Å². The number of carboxylic acid groups (broad SMARTS) is 1. The number of aliphatic hydroxyl groups is 1. The van der Waals surface area contributed by atoms with E-state index in [4.69, 9.17) is 5.11 Å². The van der Waals surface area contributed by atoms with Crippen molar-refractivity contribution >= 4 is 17.7 Å². The molecule has 114 valence electrons. The van der Waals surface area contributed by atoms with Crippen LogP contribution in [0.2, 0.25) is 0 Å². The molecule has 2 atom stereocenters. The van der Waals surface area contributed by atoms with E-state index < -0.39 is 30.0 Å². The molecular weight excluding hydrogens is 279 g/mol. The number of hydrogen-bond acceptors (Lipinski definition) is 3. The number of carbonyl (C=O) groups excluding carboxylic acids is 1. The Morgan fingerprint density at radius 1 is 1.43 bits per heavy atom. The van der Waals surface area contributed by atoms with E-state index in [0.717, 1.165) is 4.90 Å². The number of rotatable bonds is 3. The smallest absolute Gasteiger partial charge is 0.326 e. The Balaban J connectivity index is 2.28. The monoisotopic (exact) mass is 296 g/mol. The third-order valence-electron chi connectivity index (χ3n) is 3.50. The first-order chi connectivity index (χ1) is 9.95. The summed E-state index contributed by atoms with van der Waals surface area (Å²) >= 11 is 0. The molecule has 1 aromatic rings. The minimum Gasteiger partial charge on any atom is -0.480 e. The van der Waals surface area contributed by atoms with Crippen molar-refractivity contribution in [3.05, 3.63) is 30.1 Å². The number of amides is 2. The van der Waals surface area contributed by atoms with Gasteiger partial charge in [-0.15, -0.1) is 0 Å². The summed E-state index contributed by atoms with van der Waals surface area (Å²) < 4.78 is 13.8. The molecule has 0 saturated carbocycles. The Morgan fingerprint density at radius 3 is 2.67 bits per heavy atom. The molecule has 21 heavy (non-hydrogen) atoms. The van der Waals surface area contributed by atoms with Gasteiger partial charge in [-0.2, -0.15) is 0 Å². The lowest BCUT2D eigenvalue weighted by molar-refractivity contribution is -0.141. The fraction of sp³-hybridized carbons (Fsp3) is 0.429. The summed E-state index contributed by atoms with van der Waals surface area (Å²) in [6.45, 7) is 1.80. The fourth-order valence-corrected chi connectivity index (χ4v) is 2.49. The molecule has 0 aliphatic carbocycles.